The van der Waals surface area contributed by atoms with Gasteiger partial charge in [-0.15, -0.1) is 0 Å². The van der Waals surface area contributed by atoms with Crippen molar-refractivity contribution in [2.75, 3.05) is 0 Å². The third-order valence-corrected chi connectivity index (χ3v) is 2.99. The van der Waals surface area contributed by atoms with Crippen LogP contribution in [0.4, 0.5) is 0 Å². The molecule has 0 fully saturated rings. The van der Waals surface area contributed by atoms with Gasteiger partial charge in [0.15, 0.2) is 0 Å². The lowest BCUT2D eigenvalue weighted by Crippen LogP contribution is -2.18. The summed E-state index contributed by atoms with van der Waals surface area (Å²) in [5, 5.41) is 3.42. The van der Waals surface area contributed by atoms with E-state index in [1.54, 1.807) is 6.20 Å². The molecule has 0 aliphatic carbocycles. The SMILES string of the molecule is CC(NCc1cccc(Br)n1)c1cccnc1. The zero-order valence-electron chi connectivity index (χ0n) is 9.60. The molecular weight excluding hydrogens is 278 g/mol. The van der Waals surface area contributed by atoms with E-state index in [9.17, 15) is 0 Å². The second kappa shape index (κ2) is 5.89. The van der Waals surface area contributed by atoms with E-state index in [0.29, 0.717) is 0 Å². The molecule has 88 valence electrons. The zero-order valence-corrected chi connectivity index (χ0v) is 11.2. The summed E-state index contributed by atoms with van der Waals surface area (Å²) in [5.41, 5.74) is 2.21. The van der Waals surface area contributed by atoms with E-state index >= 15 is 0 Å². The first kappa shape index (κ1) is 12.2. The van der Waals surface area contributed by atoms with Gasteiger partial charge in [0.2, 0.25) is 0 Å². The van der Waals surface area contributed by atoms with E-state index in [0.717, 1.165) is 16.8 Å². The maximum atomic E-state index is 4.38. The standard InChI is InChI=1S/C13H14BrN3/c1-10(11-4-3-7-15-8-11)16-9-12-5-2-6-13(14)17-12/h2-8,10,16H,9H2,1H3. The first-order chi connectivity index (χ1) is 8.25. The summed E-state index contributed by atoms with van der Waals surface area (Å²) in [4.78, 5) is 8.49. The molecule has 1 N–H and O–H groups in total. The summed E-state index contributed by atoms with van der Waals surface area (Å²) < 4.78 is 0.867. The summed E-state index contributed by atoms with van der Waals surface area (Å²) in [6.45, 7) is 2.87. The maximum Gasteiger partial charge on any atom is 0.106 e. The van der Waals surface area contributed by atoms with Crippen molar-refractivity contribution in [2.45, 2.75) is 19.5 Å². The Hall–Kier alpha value is -1.26. The maximum absolute atomic E-state index is 4.38. The molecule has 2 heterocycles. The largest absolute Gasteiger partial charge is 0.305 e. The molecular formula is C13H14BrN3. The smallest absolute Gasteiger partial charge is 0.106 e. The van der Waals surface area contributed by atoms with E-state index in [1.807, 2.05) is 30.5 Å². The molecule has 0 bridgehead atoms. The fourth-order valence-electron chi connectivity index (χ4n) is 1.56. The Labute approximate surface area is 109 Å². The van der Waals surface area contributed by atoms with Crippen molar-refractivity contribution in [2.24, 2.45) is 0 Å². The van der Waals surface area contributed by atoms with Gasteiger partial charge >= 0.3 is 0 Å². The topological polar surface area (TPSA) is 37.8 Å². The van der Waals surface area contributed by atoms with Crippen LogP contribution in [-0.2, 0) is 6.54 Å². The summed E-state index contributed by atoms with van der Waals surface area (Å²) >= 11 is 3.37. The Morgan fingerprint density at radius 3 is 2.88 bits per heavy atom. The fraction of sp³-hybridized carbons (Fsp3) is 0.231. The molecule has 17 heavy (non-hydrogen) atoms. The molecule has 2 aromatic heterocycles. The Morgan fingerprint density at radius 1 is 1.29 bits per heavy atom. The van der Waals surface area contributed by atoms with Crippen LogP contribution in [0.15, 0.2) is 47.3 Å². The molecule has 1 unspecified atom stereocenters. The van der Waals surface area contributed by atoms with E-state index < -0.39 is 0 Å². The van der Waals surface area contributed by atoms with E-state index in [4.69, 9.17) is 0 Å². The van der Waals surface area contributed by atoms with Gasteiger partial charge in [-0.25, -0.2) is 4.98 Å². The Kier molecular flexibility index (Phi) is 4.23. The van der Waals surface area contributed by atoms with Gasteiger partial charge < -0.3 is 5.32 Å². The monoisotopic (exact) mass is 291 g/mol. The Morgan fingerprint density at radius 2 is 2.18 bits per heavy atom. The molecule has 2 aromatic rings. The second-order valence-corrected chi connectivity index (χ2v) is 4.65. The Bertz CT molecular complexity index is 473. The number of hydrogen-bond acceptors (Lipinski definition) is 3. The van der Waals surface area contributed by atoms with Gasteiger partial charge in [-0.05, 0) is 46.6 Å². The lowest BCUT2D eigenvalue weighted by atomic mass is 10.1. The van der Waals surface area contributed by atoms with Gasteiger partial charge in [0.25, 0.3) is 0 Å². The van der Waals surface area contributed by atoms with Crippen LogP contribution in [0.2, 0.25) is 0 Å². The number of rotatable bonds is 4. The molecule has 0 aliphatic heterocycles. The summed E-state index contributed by atoms with van der Waals surface area (Å²) in [6, 6.07) is 10.2. The predicted molar refractivity (Wildman–Crippen MR) is 71.4 cm³/mol. The minimum atomic E-state index is 0.268. The number of pyridine rings is 2. The quantitative estimate of drug-likeness (QED) is 0.880. The third kappa shape index (κ3) is 3.61. The van der Waals surface area contributed by atoms with Crippen LogP contribution in [-0.4, -0.2) is 9.97 Å². The van der Waals surface area contributed by atoms with Crippen molar-refractivity contribution in [1.29, 1.82) is 0 Å². The first-order valence-electron chi connectivity index (χ1n) is 5.50. The minimum absolute atomic E-state index is 0.268. The van der Waals surface area contributed by atoms with Gasteiger partial charge in [-0.1, -0.05) is 12.1 Å². The van der Waals surface area contributed by atoms with Gasteiger partial charge in [0.05, 0.1) is 5.69 Å². The third-order valence-electron chi connectivity index (χ3n) is 2.55. The molecule has 0 saturated heterocycles. The van der Waals surface area contributed by atoms with Crippen molar-refractivity contribution in [3.63, 3.8) is 0 Å². The Balaban J connectivity index is 1.95. The number of nitrogens with zero attached hydrogens (tertiary/aromatic N) is 2. The molecule has 2 rings (SSSR count). The highest BCUT2D eigenvalue weighted by Crippen LogP contribution is 2.11. The molecule has 0 spiro atoms. The van der Waals surface area contributed by atoms with Gasteiger partial charge in [-0.2, -0.15) is 0 Å². The van der Waals surface area contributed by atoms with Crippen LogP contribution in [0.25, 0.3) is 0 Å². The number of nitrogens with one attached hydrogen (secondary N) is 1. The molecule has 1 atom stereocenters. The van der Waals surface area contributed by atoms with E-state index in [2.05, 4.69) is 44.2 Å². The number of aromatic nitrogens is 2. The molecule has 0 aromatic carbocycles. The summed E-state index contributed by atoms with van der Waals surface area (Å²) in [5.74, 6) is 0. The minimum Gasteiger partial charge on any atom is -0.305 e. The van der Waals surface area contributed by atoms with Crippen molar-refractivity contribution in [1.82, 2.24) is 15.3 Å². The molecule has 4 heteroatoms. The number of hydrogen-bond donors (Lipinski definition) is 1. The average molecular weight is 292 g/mol. The molecule has 0 amide bonds. The van der Waals surface area contributed by atoms with Crippen LogP contribution in [0, 0.1) is 0 Å². The average Bonchev–Trinajstić information content (AvgIpc) is 2.37. The van der Waals surface area contributed by atoms with Gasteiger partial charge in [-0.3, -0.25) is 4.98 Å². The zero-order chi connectivity index (χ0) is 12.1. The van der Waals surface area contributed by atoms with E-state index in [1.165, 1.54) is 5.56 Å². The van der Waals surface area contributed by atoms with Crippen LogP contribution >= 0.6 is 15.9 Å². The predicted octanol–water partition coefficient (Wildman–Crippen LogP) is 3.09. The highest BCUT2D eigenvalue weighted by molar-refractivity contribution is 9.10. The second-order valence-electron chi connectivity index (χ2n) is 3.84. The molecule has 0 saturated carbocycles. The van der Waals surface area contributed by atoms with Crippen LogP contribution in [0.5, 0.6) is 0 Å². The van der Waals surface area contributed by atoms with E-state index in [-0.39, 0.29) is 6.04 Å². The number of halogens is 1. The fourth-order valence-corrected chi connectivity index (χ4v) is 1.94. The molecule has 0 radical (unpaired) electrons. The molecule has 3 nitrogen and oxygen atoms in total. The van der Waals surface area contributed by atoms with Crippen molar-refractivity contribution >= 4 is 15.9 Å². The van der Waals surface area contributed by atoms with Crippen molar-refractivity contribution in [3.8, 4) is 0 Å². The van der Waals surface area contributed by atoms with Crippen LogP contribution in [0.1, 0.15) is 24.2 Å². The van der Waals surface area contributed by atoms with Gasteiger partial charge in [0.1, 0.15) is 4.60 Å². The summed E-state index contributed by atoms with van der Waals surface area (Å²) in [7, 11) is 0. The van der Waals surface area contributed by atoms with Crippen LogP contribution < -0.4 is 5.32 Å². The highest BCUT2D eigenvalue weighted by Gasteiger charge is 2.04. The highest BCUT2D eigenvalue weighted by atomic mass is 79.9. The molecule has 0 aliphatic rings. The van der Waals surface area contributed by atoms with Gasteiger partial charge in [0, 0.05) is 25.0 Å². The van der Waals surface area contributed by atoms with Crippen molar-refractivity contribution < 1.29 is 0 Å². The lowest BCUT2D eigenvalue weighted by molar-refractivity contribution is 0.566. The lowest BCUT2D eigenvalue weighted by Gasteiger charge is -2.13. The normalized spacial score (nSPS) is 12.4. The van der Waals surface area contributed by atoms with Crippen LogP contribution in [0.3, 0.4) is 0 Å². The summed E-state index contributed by atoms with van der Waals surface area (Å²) in [6.07, 6.45) is 3.66. The first-order valence-corrected chi connectivity index (χ1v) is 6.30. The van der Waals surface area contributed by atoms with Crippen molar-refractivity contribution in [3.05, 3.63) is 58.6 Å².